The molecular formula is C41H50N6S. The molecule has 1 aliphatic carbocycles. The van der Waals surface area contributed by atoms with E-state index >= 15 is 0 Å². The number of aliphatic imine (C=N–C) groups is 1. The summed E-state index contributed by atoms with van der Waals surface area (Å²) in [5.74, 6) is 0. The van der Waals surface area contributed by atoms with Gasteiger partial charge in [0.15, 0.2) is 0 Å². The van der Waals surface area contributed by atoms with Crippen LogP contribution in [-0.2, 0) is 24.6 Å². The van der Waals surface area contributed by atoms with E-state index in [2.05, 4.69) is 100 Å². The lowest BCUT2D eigenvalue weighted by Gasteiger charge is -2.34. The maximum absolute atomic E-state index is 5.50. The highest BCUT2D eigenvalue weighted by molar-refractivity contribution is 7.66. The number of benzene rings is 3. The number of hydrogen-bond acceptors (Lipinski definition) is 6. The van der Waals surface area contributed by atoms with Gasteiger partial charge >= 0.3 is 0 Å². The lowest BCUT2D eigenvalue weighted by molar-refractivity contribution is 0.607. The van der Waals surface area contributed by atoms with Crippen molar-refractivity contribution in [3.05, 3.63) is 106 Å². The number of fused-ring (bicyclic) bond motifs is 4. The number of nitrogens with one attached hydrogen (secondary N) is 2. The minimum absolute atomic E-state index is 0.0242. The van der Waals surface area contributed by atoms with Crippen molar-refractivity contribution in [1.82, 2.24) is 10.0 Å². The number of rotatable bonds is 11. The molecule has 0 saturated heterocycles. The fourth-order valence-electron chi connectivity index (χ4n) is 8.42. The topological polar surface area (TPSA) is 55.3 Å². The Morgan fingerprint density at radius 3 is 2.08 bits per heavy atom. The van der Waals surface area contributed by atoms with Gasteiger partial charge in [0.1, 0.15) is 11.9 Å². The van der Waals surface area contributed by atoms with E-state index in [4.69, 9.17) is 9.36 Å². The highest BCUT2D eigenvalue weighted by Crippen LogP contribution is 2.46. The van der Waals surface area contributed by atoms with Crippen LogP contribution in [0.1, 0.15) is 99.2 Å². The summed E-state index contributed by atoms with van der Waals surface area (Å²) in [5, 5.41) is 3.99. The Bertz CT molecular complexity index is 1790. The summed E-state index contributed by atoms with van der Waals surface area (Å²) in [6, 6.07) is 25.1. The molecule has 8 rings (SSSR count). The van der Waals surface area contributed by atoms with E-state index in [9.17, 15) is 0 Å². The fraction of sp³-hybridized carbons (Fsp3) is 0.439. The molecule has 0 saturated carbocycles. The monoisotopic (exact) mass is 658 g/mol. The first-order chi connectivity index (χ1) is 23.7. The largest absolute Gasteiger partial charge is 0.371 e. The van der Waals surface area contributed by atoms with Gasteiger partial charge in [0.2, 0.25) is 0 Å². The Balaban J connectivity index is 1.22. The number of unbranched alkanes of at least 4 members (excludes halogenated alkanes) is 4. The second kappa shape index (κ2) is 14.0. The predicted octanol–water partition coefficient (Wildman–Crippen LogP) is 8.34. The number of anilines is 2. The molecule has 5 aliphatic rings. The molecule has 2 N–H and O–H groups in total. The Labute approximate surface area is 290 Å². The van der Waals surface area contributed by atoms with Crippen molar-refractivity contribution in [3.8, 4) is 0 Å². The third-order valence-corrected chi connectivity index (χ3v) is 11.5. The average Bonchev–Trinajstić information content (AvgIpc) is 3.79. The molecule has 7 heteroatoms. The van der Waals surface area contributed by atoms with Crippen molar-refractivity contribution in [1.29, 1.82) is 0 Å². The van der Waals surface area contributed by atoms with E-state index in [0.717, 1.165) is 67.9 Å². The lowest BCUT2D eigenvalue weighted by Crippen LogP contribution is -2.38. The number of nitrogens with zero attached hydrogens (tertiary/aromatic N) is 4. The van der Waals surface area contributed by atoms with Crippen molar-refractivity contribution in [2.75, 3.05) is 36.0 Å². The van der Waals surface area contributed by atoms with Gasteiger partial charge in [0.25, 0.3) is 0 Å². The summed E-state index contributed by atoms with van der Waals surface area (Å²) >= 11 is 0.886. The molecular weight excluding hydrogens is 609 g/mol. The lowest BCUT2D eigenvalue weighted by atomic mass is 9.80. The van der Waals surface area contributed by atoms with E-state index in [1.54, 1.807) is 0 Å². The molecule has 250 valence electrons. The maximum atomic E-state index is 5.50. The molecule has 0 aromatic heterocycles. The molecule has 2 unspecified atom stereocenters. The normalized spacial score (nSPS) is 21.3. The average molecular weight is 659 g/mol. The zero-order chi connectivity index (χ0) is 32.5. The zero-order valence-corrected chi connectivity index (χ0v) is 29.5. The summed E-state index contributed by atoms with van der Waals surface area (Å²) in [6.45, 7) is 9.20. The summed E-state index contributed by atoms with van der Waals surface area (Å²) in [4.78, 5) is 10.7. The SMILES string of the molecule is CCCCCN1CCCc2cc(C3=C4N=[SH]NC4=C(c4ccc5c(c4)CCCN5CCCCC)C4NC(c5ccccc5)N=C34)ccc21. The van der Waals surface area contributed by atoms with Crippen molar-refractivity contribution in [3.63, 3.8) is 0 Å². The maximum Gasteiger partial charge on any atom is 0.126 e. The van der Waals surface area contributed by atoms with Crippen molar-refractivity contribution in [2.45, 2.75) is 90.3 Å². The van der Waals surface area contributed by atoms with Crippen LogP contribution in [0.4, 0.5) is 11.4 Å². The molecule has 3 aromatic carbocycles. The van der Waals surface area contributed by atoms with Crippen molar-refractivity contribution < 1.29 is 0 Å². The van der Waals surface area contributed by atoms with Crippen LogP contribution in [0.25, 0.3) is 11.1 Å². The summed E-state index contributed by atoms with van der Waals surface area (Å²) in [5.41, 5.74) is 15.3. The van der Waals surface area contributed by atoms with Gasteiger partial charge < -0.3 is 14.5 Å². The van der Waals surface area contributed by atoms with Crippen LogP contribution in [0.2, 0.25) is 0 Å². The van der Waals surface area contributed by atoms with E-state index in [-0.39, 0.29) is 12.2 Å². The second-order valence-corrected chi connectivity index (χ2v) is 14.7. The van der Waals surface area contributed by atoms with Crippen LogP contribution in [0.15, 0.2) is 87.5 Å². The minimum atomic E-state index is -0.104. The highest BCUT2D eigenvalue weighted by Gasteiger charge is 2.42. The molecule has 0 amide bonds. The predicted molar refractivity (Wildman–Crippen MR) is 205 cm³/mol. The molecule has 0 spiro atoms. The van der Waals surface area contributed by atoms with Gasteiger partial charge in [-0.15, -0.1) is 0 Å². The molecule has 48 heavy (non-hydrogen) atoms. The molecule has 4 heterocycles. The van der Waals surface area contributed by atoms with Crippen LogP contribution in [0, 0.1) is 0 Å². The van der Waals surface area contributed by atoms with E-state index in [1.807, 2.05) is 0 Å². The van der Waals surface area contributed by atoms with Gasteiger partial charge in [-0.05, 0) is 102 Å². The third-order valence-electron chi connectivity index (χ3n) is 10.8. The number of aryl methyl sites for hydroxylation is 2. The first-order valence-electron chi connectivity index (χ1n) is 18.5. The highest BCUT2D eigenvalue weighted by atomic mass is 32.1. The molecule has 4 aliphatic heterocycles. The Kier molecular flexibility index (Phi) is 9.24. The molecule has 0 radical (unpaired) electrons. The van der Waals surface area contributed by atoms with Crippen LogP contribution in [0.5, 0.6) is 0 Å². The third kappa shape index (κ3) is 5.94. The van der Waals surface area contributed by atoms with Gasteiger partial charge in [-0.25, -0.2) is 4.36 Å². The summed E-state index contributed by atoms with van der Waals surface area (Å²) in [7, 11) is 0. The van der Waals surface area contributed by atoms with E-state index in [0.29, 0.717) is 0 Å². The Morgan fingerprint density at radius 2 is 1.42 bits per heavy atom. The van der Waals surface area contributed by atoms with Gasteiger partial charge in [0, 0.05) is 48.7 Å². The number of hydrogen-bond donors (Lipinski definition) is 3. The van der Waals surface area contributed by atoms with Gasteiger partial charge in [0.05, 0.1) is 17.5 Å². The minimum Gasteiger partial charge on any atom is -0.371 e. The molecule has 2 atom stereocenters. The molecule has 3 aromatic rings. The molecule has 0 bridgehead atoms. The standard InChI is InChI=1S/C41H50N6S/c1-3-5-10-22-46-24-12-16-29-26-31(18-20-33(29)46)35-37-38(43-41(42-37)28-14-8-7-9-15-28)36(40-39(35)44-48-45-40)32-19-21-34-30(27-32)17-13-25-47(34)23-11-6-4-2/h7-9,14-15,18-21,26-27,37,41-42,48H,3-6,10-13,16-17,22-25H2,1-2H3,(H,44,45). The van der Waals surface area contributed by atoms with Crippen LogP contribution >= 0.6 is 0 Å². The van der Waals surface area contributed by atoms with Crippen LogP contribution in [-0.4, -0.2) is 37.9 Å². The molecule has 6 nitrogen and oxygen atoms in total. The quantitative estimate of drug-likeness (QED) is 0.143. The first-order valence-corrected chi connectivity index (χ1v) is 19.4. The van der Waals surface area contributed by atoms with Crippen LogP contribution in [0.3, 0.4) is 0 Å². The first kappa shape index (κ1) is 31.6. The van der Waals surface area contributed by atoms with E-state index in [1.165, 1.54) is 102 Å². The van der Waals surface area contributed by atoms with Crippen LogP contribution < -0.4 is 19.8 Å². The Morgan fingerprint density at radius 1 is 0.771 bits per heavy atom. The van der Waals surface area contributed by atoms with Gasteiger partial charge in [-0.3, -0.25) is 10.3 Å². The number of thiol groups is 1. The smallest absolute Gasteiger partial charge is 0.126 e. The second-order valence-electron chi connectivity index (χ2n) is 14.0. The molecule has 0 fully saturated rings. The summed E-state index contributed by atoms with van der Waals surface area (Å²) < 4.78 is 8.83. The van der Waals surface area contributed by atoms with Crippen molar-refractivity contribution in [2.24, 2.45) is 9.36 Å². The summed E-state index contributed by atoms with van der Waals surface area (Å²) in [6.07, 6.45) is 12.2. The van der Waals surface area contributed by atoms with Crippen molar-refractivity contribution >= 4 is 40.0 Å². The van der Waals surface area contributed by atoms with Gasteiger partial charge in [-0.1, -0.05) is 82.0 Å². The Hall–Kier alpha value is -3.68. The zero-order valence-electron chi connectivity index (χ0n) is 28.6. The fourth-order valence-corrected chi connectivity index (χ4v) is 9.09. The van der Waals surface area contributed by atoms with Gasteiger partial charge in [-0.2, -0.15) is 0 Å². The van der Waals surface area contributed by atoms with E-state index < -0.39 is 0 Å².